The Labute approximate surface area is 184 Å². The number of carbonyl (C=O) groups is 1. The summed E-state index contributed by atoms with van der Waals surface area (Å²) in [7, 11) is 1.60. The van der Waals surface area contributed by atoms with Crippen molar-refractivity contribution in [3.8, 4) is 11.5 Å². The van der Waals surface area contributed by atoms with Gasteiger partial charge in [0.25, 0.3) is 5.91 Å². The molecule has 0 aliphatic carbocycles. The Morgan fingerprint density at radius 3 is 2.74 bits per heavy atom. The van der Waals surface area contributed by atoms with E-state index >= 15 is 0 Å². The molecule has 0 radical (unpaired) electrons. The fourth-order valence-corrected chi connectivity index (χ4v) is 4.79. The zero-order chi connectivity index (χ0) is 21.2. The molecule has 1 amide bonds. The first-order valence-electron chi connectivity index (χ1n) is 10.0. The molecule has 2 atom stereocenters. The van der Waals surface area contributed by atoms with Gasteiger partial charge in [-0.1, -0.05) is 54.1 Å². The maximum absolute atomic E-state index is 13.4. The lowest BCUT2D eigenvalue weighted by Crippen LogP contribution is -2.55. The summed E-state index contributed by atoms with van der Waals surface area (Å²) in [6.07, 6.45) is 0.627. The van der Waals surface area contributed by atoms with E-state index in [0.717, 1.165) is 28.1 Å². The lowest BCUT2D eigenvalue weighted by Gasteiger charge is -2.44. The Kier molecular flexibility index (Phi) is 3.83. The number of benzene rings is 3. The number of hydrogen-bond acceptors (Lipinski definition) is 5. The first-order valence-corrected chi connectivity index (χ1v) is 10.4. The number of methoxy groups -OCH3 is 1. The average molecular weight is 432 g/mol. The lowest BCUT2D eigenvalue weighted by molar-refractivity contribution is -0.161. The monoisotopic (exact) mass is 431 g/mol. The molecule has 6 rings (SSSR count). The van der Waals surface area contributed by atoms with E-state index in [0.29, 0.717) is 22.9 Å². The Morgan fingerprint density at radius 1 is 1.13 bits per heavy atom. The van der Waals surface area contributed by atoms with Crippen molar-refractivity contribution in [2.24, 2.45) is 5.10 Å². The Balaban J connectivity index is 1.58. The second-order valence-electron chi connectivity index (χ2n) is 7.74. The van der Waals surface area contributed by atoms with Crippen molar-refractivity contribution in [1.82, 2.24) is 5.01 Å². The van der Waals surface area contributed by atoms with E-state index in [1.807, 2.05) is 66.7 Å². The van der Waals surface area contributed by atoms with Gasteiger partial charge in [0.15, 0.2) is 11.5 Å². The minimum Gasteiger partial charge on any atom is -0.493 e. The molecule has 0 bridgehead atoms. The number of amides is 1. The van der Waals surface area contributed by atoms with Crippen molar-refractivity contribution in [3.05, 3.63) is 88.4 Å². The molecule has 3 aromatic rings. The van der Waals surface area contributed by atoms with E-state index in [9.17, 15) is 4.79 Å². The smallest absolute Gasteiger partial charge is 0.306 e. The highest BCUT2D eigenvalue weighted by Crippen LogP contribution is 2.56. The maximum Gasteiger partial charge on any atom is 0.306 e. The Hall–Kier alpha value is -3.51. The summed E-state index contributed by atoms with van der Waals surface area (Å²) in [5, 5.41) is 10.4. The summed E-state index contributed by atoms with van der Waals surface area (Å²) in [6, 6.07) is 20.7. The topological polar surface area (TPSA) is 63.2 Å². The number of anilines is 1. The normalized spacial score (nSPS) is 22.9. The predicted molar refractivity (Wildman–Crippen MR) is 118 cm³/mol. The van der Waals surface area contributed by atoms with Crippen LogP contribution >= 0.6 is 11.6 Å². The molecule has 0 unspecified atom stereocenters. The van der Waals surface area contributed by atoms with Crippen LogP contribution in [-0.4, -0.2) is 23.7 Å². The summed E-state index contributed by atoms with van der Waals surface area (Å²) in [4.78, 5) is 13.4. The molecule has 0 fully saturated rings. The van der Waals surface area contributed by atoms with Gasteiger partial charge in [-0.15, -0.1) is 0 Å². The fraction of sp³-hybridized carbons (Fsp3) is 0.167. The molecule has 6 nitrogen and oxygen atoms in total. The number of fused-ring (bicyclic) bond motifs is 6. The number of rotatable bonds is 2. The third-order valence-electron chi connectivity index (χ3n) is 6.10. The summed E-state index contributed by atoms with van der Waals surface area (Å²) in [5.74, 6) is 0.899. The van der Waals surface area contributed by atoms with E-state index in [4.69, 9.17) is 26.2 Å². The SMILES string of the molecule is COc1cccc2c1O[C@@]1(C(=O)Nc3ccccc31)N1N=C(c3ccc(Cl)cc3)C[C@H]21. The third-order valence-corrected chi connectivity index (χ3v) is 6.35. The van der Waals surface area contributed by atoms with Gasteiger partial charge in [0.2, 0.25) is 0 Å². The van der Waals surface area contributed by atoms with E-state index in [1.165, 1.54) is 0 Å². The molecule has 3 aliphatic rings. The van der Waals surface area contributed by atoms with Crippen molar-refractivity contribution in [2.45, 2.75) is 18.2 Å². The van der Waals surface area contributed by atoms with Crippen LogP contribution in [0.2, 0.25) is 5.02 Å². The van der Waals surface area contributed by atoms with Gasteiger partial charge < -0.3 is 14.8 Å². The summed E-state index contributed by atoms with van der Waals surface area (Å²) < 4.78 is 12.1. The Bertz CT molecular complexity index is 1260. The molecule has 3 aromatic carbocycles. The number of nitrogens with one attached hydrogen (secondary N) is 1. The molecule has 0 saturated carbocycles. The van der Waals surface area contributed by atoms with E-state index in [-0.39, 0.29) is 11.9 Å². The highest BCUT2D eigenvalue weighted by Gasteiger charge is 2.61. The first-order chi connectivity index (χ1) is 15.1. The van der Waals surface area contributed by atoms with E-state index in [2.05, 4.69) is 5.32 Å². The van der Waals surface area contributed by atoms with Crippen molar-refractivity contribution in [3.63, 3.8) is 0 Å². The zero-order valence-electron chi connectivity index (χ0n) is 16.6. The van der Waals surface area contributed by atoms with Gasteiger partial charge >= 0.3 is 5.72 Å². The second-order valence-corrected chi connectivity index (χ2v) is 8.18. The number of carbonyl (C=O) groups excluding carboxylic acids is 1. The minimum atomic E-state index is -1.41. The lowest BCUT2D eigenvalue weighted by atomic mass is 9.92. The van der Waals surface area contributed by atoms with Gasteiger partial charge in [0, 0.05) is 17.0 Å². The van der Waals surface area contributed by atoms with Crippen molar-refractivity contribution >= 4 is 28.9 Å². The second kappa shape index (κ2) is 6.49. The van der Waals surface area contributed by atoms with Crippen LogP contribution in [0, 0.1) is 0 Å². The van der Waals surface area contributed by atoms with Gasteiger partial charge in [-0.3, -0.25) is 4.79 Å². The number of halogens is 1. The first kappa shape index (κ1) is 18.3. The van der Waals surface area contributed by atoms with E-state index < -0.39 is 5.72 Å². The van der Waals surface area contributed by atoms with Crippen LogP contribution in [0.25, 0.3) is 0 Å². The highest BCUT2D eigenvalue weighted by molar-refractivity contribution is 6.30. The molecular weight excluding hydrogens is 414 g/mol. The van der Waals surface area contributed by atoms with Gasteiger partial charge in [0.05, 0.1) is 30.1 Å². The van der Waals surface area contributed by atoms with Crippen molar-refractivity contribution in [2.75, 3.05) is 12.4 Å². The van der Waals surface area contributed by atoms with Crippen LogP contribution in [0.1, 0.15) is 29.2 Å². The van der Waals surface area contributed by atoms with Crippen molar-refractivity contribution < 1.29 is 14.3 Å². The van der Waals surface area contributed by atoms with Crippen LogP contribution in [0.4, 0.5) is 5.69 Å². The number of hydrazone groups is 1. The highest BCUT2D eigenvalue weighted by atomic mass is 35.5. The molecule has 31 heavy (non-hydrogen) atoms. The van der Waals surface area contributed by atoms with Gasteiger partial charge in [-0.2, -0.15) is 5.10 Å². The van der Waals surface area contributed by atoms with Gasteiger partial charge in [-0.05, 0) is 29.8 Å². The molecule has 0 saturated heterocycles. The Morgan fingerprint density at radius 2 is 1.94 bits per heavy atom. The van der Waals surface area contributed by atoms with Crippen molar-refractivity contribution in [1.29, 1.82) is 0 Å². The number of para-hydroxylation sites is 2. The number of hydrogen-bond donors (Lipinski definition) is 1. The average Bonchev–Trinajstić information content (AvgIpc) is 3.35. The minimum absolute atomic E-state index is 0.179. The summed E-state index contributed by atoms with van der Waals surface area (Å²) >= 11 is 6.08. The maximum atomic E-state index is 13.4. The molecule has 0 aromatic heterocycles. The molecule has 154 valence electrons. The zero-order valence-corrected chi connectivity index (χ0v) is 17.4. The number of ether oxygens (including phenoxy) is 2. The number of nitrogens with zero attached hydrogens (tertiary/aromatic N) is 2. The molecule has 1 spiro atoms. The largest absolute Gasteiger partial charge is 0.493 e. The van der Waals surface area contributed by atoms with Crippen LogP contribution in [0.3, 0.4) is 0 Å². The van der Waals surface area contributed by atoms with Gasteiger partial charge in [-0.25, -0.2) is 5.01 Å². The van der Waals surface area contributed by atoms with Crippen LogP contribution in [-0.2, 0) is 10.5 Å². The summed E-state index contributed by atoms with van der Waals surface area (Å²) in [5.41, 5.74) is 2.83. The van der Waals surface area contributed by atoms with Crippen LogP contribution in [0.15, 0.2) is 71.8 Å². The summed E-state index contributed by atoms with van der Waals surface area (Å²) in [6.45, 7) is 0. The molecule has 3 heterocycles. The van der Waals surface area contributed by atoms with Crippen LogP contribution in [0.5, 0.6) is 11.5 Å². The predicted octanol–water partition coefficient (Wildman–Crippen LogP) is 4.70. The standard InChI is InChI=1S/C24H18ClN3O3/c1-30-21-8-4-5-16-20-13-19(14-9-11-15(25)12-10-14)27-28(20)24(31-22(16)21)17-6-2-3-7-18(17)26-23(24)29/h2-12,20H,13H2,1H3,(H,26,29)/t20-,24+/m1/s1. The molecule has 7 heteroatoms. The molecule has 1 N–H and O–H groups in total. The molecule has 3 aliphatic heterocycles. The van der Waals surface area contributed by atoms with Gasteiger partial charge in [0.1, 0.15) is 0 Å². The third kappa shape index (κ3) is 2.45. The van der Waals surface area contributed by atoms with E-state index in [1.54, 1.807) is 12.1 Å². The van der Waals surface area contributed by atoms with Crippen LogP contribution < -0.4 is 14.8 Å². The fourth-order valence-electron chi connectivity index (χ4n) is 4.66. The quantitative estimate of drug-likeness (QED) is 0.639. The molecular formula is C24H18ClN3O3.